The van der Waals surface area contributed by atoms with Crippen molar-refractivity contribution in [1.29, 1.82) is 0 Å². The van der Waals surface area contributed by atoms with Gasteiger partial charge in [-0.05, 0) is 35.7 Å². The number of aryl methyl sites for hydroxylation is 1. The molecule has 84 valence electrons. The van der Waals surface area contributed by atoms with Crippen LogP contribution < -0.4 is 5.32 Å². The highest BCUT2D eigenvalue weighted by Gasteiger charge is 2.09. The molecule has 5 heteroatoms. The predicted octanol–water partition coefficient (Wildman–Crippen LogP) is 1.75. The third kappa shape index (κ3) is 2.49. The molecule has 2 N–H and O–H groups in total. The lowest BCUT2D eigenvalue weighted by atomic mass is 10.2. The molecule has 16 heavy (non-hydrogen) atoms. The molecule has 0 saturated heterocycles. The van der Waals surface area contributed by atoms with Gasteiger partial charge in [-0.2, -0.15) is 16.4 Å². The van der Waals surface area contributed by atoms with Crippen molar-refractivity contribution in [3.05, 3.63) is 39.8 Å². The molecule has 1 amide bonds. The van der Waals surface area contributed by atoms with Gasteiger partial charge in [0.15, 0.2) is 0 Å². The van der Waals surface area contributed by atoms with E-state index in [4.69, 9.17) is 0 Å². The van der Waals surface area contributed by atoms with Crippen LogP contribution in [0.3, 0.4) is 0 Å². The first kappa shape index (κ1) is 10.9. The summed E-state index contributed by atoms with van der Waals surface area (Å²) >= 11 is 1.67. The van der Waals surface area contributed by atoms with Gasteiger partial charge in [-0.25, -0.2) is 0 Å². The maximum atomic E-state index is 11.7. The predicted molar refractivity (Wildman–Crippen MR) is 63.7 cm³/mol. The van der Waals surface area contributed by atoms with Crippen LogP contribution in [0.1, 0.15) is 21.6 Å². The molecule has 2 heterocycles. The minimum Gasteiger partial charge on any atom is -0.352 e. The molecule has 0 aliphatic rings. The molecule has 4 nitrogen and oxygen atoms in total. The van der Waals surface area contributed by atoms with Crippen LogP contribution in [0.15, 0.2) is 23.0 Å². The van der Waals surface area contributed by atoms with Gasteiger partial charge in [-0.1, -0.05) is 0 Å². The number of carbonyl (C=O) groups is 1. The third-order valence-corrected chi connectivity index (χ3v) is 3.09. The number of nitrogens with one attached hydrogen (secondary N) is 2. The van der Waals surface area contributed by atoms with Crippen molar-refractivity contribution < 1.29 is 4.79 Å². The van der Waals surface area contributed by atoms with Gasteiger partial charge < -0.3 is 5.32 Å². The molecule has 0 atom stereocenters. The molecule has 0 aromatic carbocycles. The van der Waals surface area contributed by atoms with Crippen molar-refractivity contribution in [1.82, 2.24) is 15.5 Å². The van der Waals surface area contributed by atoms with E-state index in [1.807, 2.05) is 12.3 Å². The molecule has 0 aliphatic heterocycles. The Morgan fingerprint density at radius 2 is 2.50 bits per heavy atom. The molecule has 0 fully saturated rings. The molecule has 0 bridgehead atoms. The van der Waals surface area contributed by atoms with Crippen LogP contribution in [-0.4, -0.2) is 22.6 Å². The van der Waals surface area contributed by atoms with Crippen LogP contribution in [-0.2, 0) is 6.42 Å². The summed E-state index contributed by atoms with van der Waals surface area (Å²) in [6.45, 7) is 2.49. The van der Waals surface area contributed by atoms with Gasteiger partial charge in [0.25, 0.3) is 5.91 Å². The summed E-state index contributed by atoms with van der Waals surface area (Å²) in [5, 5.41) is 13.6. The fourth-order valence-corrected chi connectivity index (χ4v) is 2.13. The van der Waals surface area contributed by atoms with E-state index in [1.165, 1.54) is 5.56 Å². The number of aromatic nitrogens is 2. The molecule has 0 spiro atoms. The second kappa shape index (κ2) is 4.94. The average Bonchev–Trinajstić information content (AvgIpc) is 2.88. The van der Waals surface area contributed by atoms with Gasteiger partial charge in [0, 0.05) is 12.2 Å². The zero-order chi connectivity index (χ0) is 11.4. The lowest BCUT2D eigenvalue weighted by Crippen LogP contribution is -2.25. The Balaban J connectivity index is 1.83. The molecule has 0 unspecified atom stereocenters. The SMILES string of the molecule is Cc1[nH]ncc1C(=O)NCCc1ccsc1. The number of aromatic amines is 1. The monoisotopic (exact) mass is 235 g/mol. The van der Waals surface area contributed by atoms with Gasteiger partial charge >= 0.3 is 0 Å². The quantitative estimate of drug-likeness (QED) is 0.848. The maximum absolute atomic E-state index is 11.7. The number of carbonyl (C=O) groups excluding carboxylic acids is 1. The van der Waals surface area contributed by atoms with E-state index in [9.17, 15) is 4.79 Å². The van der Waals surface area contributed by atoms with E-state index in [-0.39, 0.29) is 5.91 Å². The van der Waals surface area contributed by atoms with Gasteiger partial charge in [0.1, 0.15) is 0 Å². The summed E-state index contributed by atoms with van der Waals surface area (Å²) in [6.07, 6.45) is 2.42. The Labute approximate surface area is 97.7 Å². The minimum atomic E-state index is -0.0681. The van der Waals surface area contributed by atoms with E-state index < -0.39 is 0 Å². The summed E-state index contributed by atoms with van der Waals surface area (Å²) in [7, 11) is 0. The number of hydrogen-bond acceptors (Lipinski definition) is 3. The summed E-state index contributed by atoms with van der Waals surface area (Å²) in [5.74, 6) is -0.0681. The Morgan fingerprint density at radius 3 is 3.12 bits per heavy atom. The highest BCUT2D eigenvalue weighted by Crippen LogP contribution is 2.06. The van der Waals surface area contributed by atoms with Crippen molar-refractivity contribution in [2.45, 2.75) is 13.3 Å². The second-order valence-corrected chi connectivity index (χ2v) is 4.33. The van der Waals surface area contributed by atoms with Crippen LogP contribution in [0.5, 0.6) is 0 Å². The van der Waals surface area contributed by atoms with Crippen LogP contribution >= 0.6 is 11.3 Å². The molecule has 2 aromatic heterocycles. The summed E-state index contributed by atoms with van der Waals surface area (Å²) in [4.78, 5) is 11.7. The highest BCUT2D eigenvalue weighted by atomic mass is 32.1. The number of H-pyrrole nitrogens is 1. The summed E-state index contributed by atoms with van der Waals surface area (Å²) < 4.78 is 0. The molecule has 2 rings (SSSR count). The lowest BCUT2D eigenvalue weighted by molar-refractivity contribution is 0.0953. The van der Waals surface area contributed by atoms with Gasteiger partial charge in [-0.3, -0.25) is 9.89 Å². The van der Waals surface area contributed by atoms with Crippen LogP contribution in [0.25, 0.3) is 0 Å². The minimum absolute atomic E-state index is 0.0681. The summed E-state index contributed by atoms with van der Waals surface area (Å²) in [6, 6.07) is 2.07. The Hall–Kier alpha value is -1.62. The fourth-order valence-electron chi connectivity index (χ4n) is 1.43. The van der Waals surface area contributed by atoms with E-state index >= 15 is 0 Å². The molecule has 2 aromatic rings. The van der Waals surface area contributed by atoms with Crippen molar-refractivity contribution >= 4 is 17.2 Å². The van der Waals surface area contributed by atoms with Gasteiger partial charge in [-0.15, -0.1) is 0 Å². The third-order valence-electron chi connectivity index (χ3n) is 2.35. The van der Waals surface area contributed by atoms with E-state index in [0.29, 0.717) is 12.1 Å². The maximum Gasteiger partial charge on any atom is 0.254 e. The normalized spacial score (nSPS) is 10.3. The first-order chi connectivity index (χ1) is 7.77. The van der Waals surface area contributed by atoms with Crippen LogP contribution in [0, 0.1) is 6.92 Å². The topological polar surface area (TPSA) is 57.8 Å². The standard InChI is InChI=1S/C11H13N3OS/c1-8-10(6-13-14-8)11(15)12-4-2-9-3-5-16-7-9/h3,5-7H,2,4H2,1H3,(H,12,15)(H,13,14). The van der Waals surface area contributed by atoms with E-state index in [1.54, 1.807) is 17.5 Å². The number of rotatable bonds is 4. The number of hydrogen-bond donors (Lipinski definition) is 2. The molecule has 0 saturated carbocycles. The van der Waals surface area contributed by atoms with Crippen LogP contribution in [0.2, 0.25) is 0 Å². The van der Waals surface area contributed by atoms with E-state index in [0.717, 1.165) is 12.1 Å². The molecule has 0 aliphatic carbocycles. The number of nitrogens with zero attached hydrogens (tertiary/aromatic N) is 1. The molecular formula is C11H13N3OS. The van der Waals surface area contributed by atoms with Gasteiger partial charge in [0.05, 0.1) is 11.8 Å². The van der Waals surface area contributed by atoms with Crippen molar-refractivity contribution in [3.8, 4) is 0 Å². The lowest BCUT2D eigenvalue weighted by Gasteiger charge is -2.02. The molecule has 0 radical (unpaired) electrons. The Morgan fingerprint density at radius 1 is 1.62 bits per heavy atom. The summed E-state index contributed by atoms with van der Waals surface area (Å²) in [5.41, 5.74) is 2.67. The first-order valence-electron chi connectivity index (χ1n) is 5.06. The Kier molecular flexibility index (Phi) is 3.36. The Bertz CT molecular complexity index is 461. The zero-order valence-corrected chi connectivity index (χ0v) is 9.80. The smallest absolute Gasteiger partial charge is 0.254 e. The largest absolute Gasteiger partial charge is 0.352 e. The van der Waals surface area contributed by atoms with Crippen molar-refractivity contribution in [2.24, 2.45) is 0 Å². The van der Waals surface area contributed by atoms with Crippen molar-refractivity contribution in [3.63, 3.8) is 0 Å². The van der Waals surface area contributed by atoms with Gasteiger partial charge in [0.2, 0.25) is 0 Å². The number of thiophene rings is 1. The average molecular weight is 235 g/mol. The second-order valence-electron chi connectivity index (χ2n) is 3.55. The highest BCUT2D eigenvalue weighted by molar-refractivity contribution is 7.07. The zero-order valence-electron chi connectivity index (χ0n) is 8.99. The number of amides is 1. The first-order valence-corrected chi connectivity index (χ1v) is 6.01. The molecular weight excluding hydrogens is 222 g/mol. The fraction of sp³-hybridized carbons (Fsp3) is 0.273. The van der Waals surface area contributed by atoms with E-state index in [2.05, 4.69) is 27.0 Å². The van der Waals surface area contributed by atoms with Crippen molar-refractivity contribution in [2.75, 3.05) is 6.54 Å². The van der Waals surface area contributed by atoms with Crippen LogP contribution in [0.4, 0.5) is 0 Å².